The Bertz CT molecular complexity index is 6000. The molecule has 0 saturated carbocycles. The molecule has 14 aromatic rings. The highest BCUT2D eigenvalue weighted by Gasteiger charge is 2.46. The van der Waals surface area contributed by atoms with E-state index in [0.29, 0.717) is 0 Å². The Balaban J connectivity index is 0.935. The van der Waals surface area contributed by atoms with Gasteiger partial charge in [-0.05, 0) is 260 Å². The fourth-order valence-corrected chi connectivity index (χ4v) is 19.2. The molecule has 0 fully saturated rings. The molecule has 2 aliphatic heterocycles. The van der Waals surface area contributed by atoms with E-state index in [1.165, 1.54) is 169 Å². The Morgan fingerprint density at radius 3 is 1.02 bits per heavy atom. The fourth-order valence-electron chi connectivity index (χ4n) is 19.2. The lowest BCUT2D eigenvalue weighted by molar-refractivity contribution is 0.332. The molecule has 0 saturated heterocycles. The van der Waals surface area contributed by atoms with Crippen molar-refractivity contribution >= 4 is 101 Å². The Morgan fingerprint density at radius 2 is 0.578 bits per heavy atom. The molecule has 4 heterocycles. The van der Waals surface area contributed by atoms with Crippen LogP contribution in [0.15, 0.2) is 237 Å². The van der Waals surface area contributed by atoms with Crippen molar-refractivity contribution in [3.63, 3.8) is 0 Å². The average molecular weight is 1420 g/mol. The number of para-hydroxylation sites is 1. The van der Waals surface area contributed by atoms with Crippen LogP contribution in [0.1, 0.15) is 209 Å². The molecule has 18 rings (SSSR count). The summed E-state index contributed by atoms with van der Waals surface area (Å²) < 4.78 is 5.14. The van der Waals surface area contributed by atoms with Crippen LogP contribution in [-0.4, -0.2) is 15.8 Å². The normalized spacial score (nSPS) is 16.3. The predicted octanol–water partition coefficient (Wildman–Crippen LogP) is 26.9. The van der Waals surface area contributed by atoms with Crippen molar-refractivity contribution in [1.29, 1.82) is 0 Å². The summed E-state index contributed by atoms with van der Waals surface area (Å²) in [6, 6.07) is 94.2. The van der Waals surface area contributed by atoms with E-state index in [-0.39, 0.29) is 50.0 Å². The summed E-state index contributed by atoms with van der Waals surface area (Å²) in [4.78, 5) is 5.31. The minimum atomic E-state index is -0.165. The summed E-state index contributed by atoms with van der Waals surface area (Å²) in [5.41, 5.74) is 36.5. The van der Waals surface area contributed by atoms with Gasteiger partial charge in [0, 0.05) is 61.4 Å². The lowest BCUT2D eigenvalue weighted by Gasteiger charge is -2.44. The van der Waals surface area contributed by atoms with Gasteiger partial charge in [0.15, 0.2) is 0 Å². The summed E-state index contributed by atoms with van der Waals surface area (Å²) >= 11 is 0. The summed E-state index contributed by atoms with van der Waals surface area (Å²) in [5.74, 6) is 0. The highest BCUT2D eigenvalue weighted by molar-refractivity contribution is 7.00. The Labute approximate surface area is 649 Å². The van der Waals surface area contributed by atoms with E-state index in [4.69, 9.17) is 0 Å². The van der Waals surface area contributed by atoms with Crippen LogP contribution >= 0.6 is 0 Å². The van der Waals surface area contributed by atoms with Crippen molar-refractivity contribution < 1.29 is 0 Å². The van der Waals surface area contributed by atoms with E-state index in [9.17, 15) is 0 Å². The second-order valence-corrected chi connectivity index (χ2v) is 39.6. The van der Waals surface area contributed by atoms with Gasteiger partial charge in [-0.25, -0.2) is 0 Å². The molecule has 2 aromatic heterocycles. The first-order valence-electron chi connectivity index (χ1n) is 40.3. The van der Waals surface area contributed by atoms with Crippen LogP contribution in [0.4, 0.5) is 34.1 Å². The van der Waals surface area contributed by atoms with Gasteiger partial charge in [0.05, 0.1) is 27.8 Å². The number of nitrogens with zero attached hydrogens (tertiary/aromatic N) is 4. The third-order valence-electron chi connectivity index (χ3n) is 26.3. The Morgan fingerprint density at radius 1 is 0.257 bits per heavy atom. The summed E-state index contributed by atoms with van der Waals surface area (Å²) in [6.45, 7) is 47.4. The fraction of sp³-hybridized carbons (Fsp3) is 0.308. The number of hydrogen-bond acceptors (Lipinski definition) is 2. The largest absolute Gasteiger partial charge is 0.311 e. The van der Waals surface area contributed by atoms with Gasteiger partial charge in [0.2, 0.25) is 0 Å². The van der Waals surface area contributed by atoms with Gasteiger partial charge in [-0.15, -0.1) is 0 Å². The molecule has 0 N–H and O–H groups in total. The van der Waals surface area contributed by atoms with E-state index in [1.54, 1.807) is 0 Å². The van der Waals surface area contributed by atoms with Crippen molar-refractivity contribution in [2.24, 2.45) is 0 Å². The lowest BCUT2D eigenvalue weighted by atomic mass is 9.33. The van der Waals surface area contributed by atoms with Gasteiger partial charge >= 0.3 is 0 Å². The minimum absolute atomic E-state index is 0.0144. The van der Waals surface area contributed by atoms with Gasteiger partial charge in [-0.1, -0.05) is 278 Å². The Hall–Kier alpha value is -10.1. The van der Waals surface area contributed by atoms with E-state index in [2.05, 4.69) is 394 Å². The maximum atomic E-state index is 2.66. The molecule has 546 valence electrons. The number of rotatable bonds is 7. The van der Waals surface area contributed by atoms with Gasteiger partial charge in [0.25, 0.3) is 6.71 Å². The SMILES string of the molecule is CC(C)(C)c1ccc(-c2ccc3c(c2)N(c2ccc(-c4ccc5c(c4)C(C)(C)CCC5(C)C)cc2)c2cc(-n4c5ccc(C(C)(C)C)cc5c5cc(C(C)(C)C)ccc54)cc4c2B3c2ccc(-n3c5ccccc5c5cc(C(C)(C)C)ccc53)cc2N4c2ccc(-c3ccc4c(c3)C(C)(C)CCC4(C)C)cc2)cc1. The molecule has 0 unspecified atom stereocenters. The van der Waals surface area contributed by atoms with Crippen LogP contribution in [0, 0.1) is 0 Å². The van der Waals surface area contributed by atoms with Crippen LogP contribution in [0.2, 0.25) is 0 Å². The van der Waals surface area contributed by atoms with Gasteiger partial charge in [0.1, 0.15) is 0 Å². The quantitative estimate of drug-likeness (QED) is 0.148. The summed E-state index contributed by atoms with van der Waals surface area (Å²) in [6.07, 6.45) is 4.71. The van der Waals surface area contributed by atoms with Gasteiger partial charge in [-0.2, -0.15) is 0 Å². The van der Waals surface area contributed by atoms with Crippen molar-refractivity contribution in [2.45, 2.75) is 207 Å². The first-order valence-corrected chi connectivity index (χ1v) is 40.3. The van der Waals surface area contributed by atoms with Crippen LogP contribution in [0.25, 0.3) is 88.4 Å². The number of fused-ring (bicyclic) bond motifs is 12. The van der Waals surface area contributed by atoms with Crippen LogP contribution < -0.4 is 26.2 Å². The minimum Gasteiger partial charge on any atom is -0.311 e. The molecule has 5 heteroatoms. The highest BCUT2D eigenvalue weighted by Crippen LogP contribution is 2.53. The molecular formula is C104H107BN4. The zero-order valence-electron chi connectivity index (χ0n) is 68.2. The molecular weight excluding hydrogens is 1320 g/mol. The van der Waals surface area contributed by atoms with E-state index in [0.717, 1.165) is 39.8 Å². The molecule has 4 aliphatic rings. The monoisotopic (exact) mass is 1420 g/mol. The van der Waals surface area contributed by atoms with Crippen LogP contribution in [0.3, 0.4) is 0 Å². The summed E-state index contributed by atoms with van der Waals surface area (Å²) in [7, 11) is 0. The second kappa shape index (κ2) is 24.2. The molecule has 0 bridgehead atoms. The topological polar surface area (TPSA) is 16.3 Å². The zero-order chi connectivity index (χ0) is 76.3. The predicted molar refractivity (Wildman–Crippen MR) is 471 cm³/mol. The first kappa shape index (κ1) is 70.6. The summed E-state index contributed by atoms with van der Waals surface area (Å²) in [5, 5.41) is 5.06. The number of aromatic nitrogens is 2. The zero-order valence-corrected chi connectivity index (χ0v) is 68.2. The van der Waals surface area contributed by atoms with E-state index < -0.39 is 0 Å². The van der Waals surface area contributed by atoms with Crippen molar-refractivity contribution in [3.05, 3.63) is 281 Å². The maximum Gasteiger partial charge on any atom is 0.252 e. The standard InChI is InChI=1S/C104H107BN4/c1-97(2,3)70-34-25-64(26-35-70)69-33-46-86-92(57-69)106(74-39-27-65(28-40-74)67-31-44-82-84(55-67)103(17,18)53-51-101(82,13)14)94-62-77(109-90-49-37-72(99(7,8)9)59-80(90)81-60-73(100(10,11)12)38-50-91(81)109)63-95-96(94)105(86)87-47-43-76(108-88-24-22-21-23-78(88)79-58-71(98(4,5)6)36-48-89(79)108)61-93(87)107(95)75-41-29-66(30-42-75)68-32-45-83-85(56-68)104(19,20)54-52-102(83,15)16/h21-50,55-63H,51-54H2,1-20H3. The highest BCUT2D eigenvalue weighted by atomic mass is 15.2. The molecule has 109 heavy (non-hydrogen) atoms. The molecule has 12 aromatic carbocycles. The van der Waals surface area contributed by atoms with Crippen LogP contribution in [-0.2, 0) is 43.3 Å². The lowest BCUT2D eigenvalue weighted by Crippen LogP contribution is -2.61. The number of anilines is 6. The molecule has 0 spiro atoms. The maximum absolute atomic E-state index is 2.66. The molecule has 4 nitrogen and oxygen atoms in total. The second-order valence-electron chi connectivity index (χ2n) is 39.6. The Kier molecular flexibility index (Phi) is 15.7. The molecule has 0 atom stereocenters. The average Bonchev–Trinajstić information content (AvgIpc) is 1.54. The third kappa shape index (κ3) is 11.5. The smallest absolute Gasteiger partial charge is 0.252 e. The molecule has 2 aliphatic carbocycles. The van der Waals surface area contributed by atoms with Gasteiger partial charge in [-0.3, -0.25) is 0 Å². The van der Waals surface area contributed by atoms with Crippen molar-refractivity contribution in [3.8, 4) is 44.8 Å². The third-order valence-corrected chi connectivity index (χ3v) is 26.3. The van der Waals surface area contributed by atoms with Gasteiger partial charge < -0.3 is 18.9 Å². The van der Waals surface area contributed by atoms with Crippen molar-refractivity contribution in [2.75, 3.05) is 9.80 Å². The van der Waals surface area contributed by atoms with E-state index >= 15 is 0 Å². The first-order chi connectivity index (χ1) is 51.5. The van der Waals surface area contributed by atoms with Crippen molar-refractivity contribution in [1.82, 2.24) is 9.13 Å². The number of benzene rings is 12. The number of hydrogen-bond donors (Lipinski definition) is 0. The molecule has 0 radical (unpaired) electrons. The van der Waals surface area contributed by atoms with Crippen LogP contribution in [0.5, 0.6) is 0 Å². The van der Waals surface area contributed by atoms with E-state index in [1.807, 2.05) is 0 Å². The molecule has 0 amide bonds.